The predicted octanol–water partition coefficient (Wildman–Crippen LogP) is 3.75. The molecule has 3 aromatic carbocycles. The zero-order chi connectivity index (χ0) is 17.8. The van der Waals surface area contributed by atoms with Crippen LogP contribution in [-0.2, 0) is 17.7 Å². The number of rotatable bonds is 6. The van der Waals surface area contributed by atoms with E-state index >= 15 is 0 Å². The zero-order valence-corrected chi connectivity index (χ0v) is 15.2. The lowest BCUT2D eigenvalue weighted by Gasteiger charge is -2.28. The van der Waals surface area contributed by atoms with E-state index in [1.54, 1.807) is 0 Å². The highest BCUT2D eigenvalue weighted by molar-refractivity contribution is 7.80. The van der Waals surface area contributed by atoms with E-state index in [1.807, 2.05) is 85.7 Å². The van der Waals surface area contributed by atoms with Crippen LogP contribution in [0.15, 0.2) is 66.7 Å². The van der Waals surface area contributed by atoms with Gasteiger partial charge in [-0.3, -0.25) is 4.21 Å². The van der Waals surface area contributed by atoms with Crippen molar-refractivity contribution in [1.29, 1.82) is 0 Å². The summed E-state index contributed by atoms with van der Waals surface area (Å²) in [6.45, 7) is 0.408. The molecular weight excluding hydrogens is 332 g/mol. The lowest BCUT2D eigenvalue weighted by molar-refractivity contribution is 0.532. The maximum Gasteiger partial charge on any atom is 0.0561 e. The number of fused-ring (bicyclic) bond motifs is 1. The summed E-state index contributed by atoms with van der Waals surface area (Å²) in [5.41, 5.74) is 2.90. The molecule has 1 atom stereocenters. The molecule has 0 amide bonds. The molecule has 0 aliphatic heterocycles. The SMILES string of the molecule is CN(C)c1cccc2c(N(CCc3ccccc3)S(=O)[O-])cccc12. The van der Waals surface area contributed by atoms with Crippen molar-refractivity contribution in [3.05, 3.63) is 72.3 Å². The summed E-state index contributed by atoms with van der Waals surface area (Å²) < 4.78 is 25.2. The summed E-state index contributed by atoms with van der Waals surface area (Å²) in [4.78, 5) is 2.04. The van der Waals surface area contributed by atoms with Crippen LogP contribution in [0.4, 0.5) is 11.4 Å². The van der Waals surface area contributed by atoms with Gasteiger partial charge in [0, 0.05) is 48.4 Å². The molecule has 0 fully saturated rings. The quantitative estimate of drug-likeness (QED) is 0.634. The maximum atomic E-state index is 11.9. The normalized spacial score (nSPS) is 12.1. The molecule has 0 aromatic heterocycles. The third-order valence-electron chi connectivity index (χ3n) is 4.25. The van der Waals surface area contributed by atoms with Crippen LogP contribution in [0.1, 0.15) is 5.56 Å². The molecule has 25 heavy (non-hydrogen) atoms. The van der Waals surface area contributed by atoms with Crippen molar-refractivity contribution < 1.29 is 8.76 Å². The van der Waals surface area contributed by atoms with Gasteiger partial charge in [0.15, 0.2) is 0 Å². The van der Waals surface area contributed by atoms with Gasteiger partial charge in [0.05, 0.1) is 5.69 Å². The molecule has 0 heterocycles. The number of hydrogen-bond acceptors (Lipinski definition) is 3. The van der Waals surface area contributed by atoms with E-state index in [0.717, 1.165) is 22.0 Å². The highest BCUT2D eigenvalue weighted by Crippen LogP contribution is 2.33. The molecule has 0 spiro atoms. The van der Waals surface area contributed by atoms with Crippen molar-refractivity contribution in [2.24, 2.45) is 0 Å². The molecular formula is C20H21N2O2S-. The van der Waals surface area contributed by atoms with E-state index < -0.39 is 11.3 Å². The molecule has 0 radical (unpaired) electrons. The van der Waals surface area contributed by atoms with E-state index in [9.17, 15) is 8.76 Å². The van der Waals surface area contributed by atoms with Gasteiger partial charge < -0.3 is 13.8 Å². The topological polar surface area (TPSA) is 46.6 Å². The third kappa shape index (κ3) is 3.83. The lowest BCUT2D eigenvalue weighted by Crippen LogP contribution is -2.28. The number of hydrogen-bond donors (Lipinski definition) is 0. The minimum absolute atomic E-state index is 0.408. The van der Waals surface area contributed by atoms with Crippen molar-refractivity contribution in [3.63, 3.8) is 0 Å². The first-order valence-corrected chi connectivity index (χ1v) is 9.21. The van der Waals surface area contributed by atoms with Crippen molar-refractivity contribution in [2.75, 3.05) is 29.8 Å². The first-order chi connectivity index (χ1) is 12.1. The van der Waals surface area contributed by atoms with E-state index in [1.165, 1.54) is 4.31 Å². The van der Waals surface area contributed by atoms with Crippen molar-refractivity contribution in [3.8, 4) is 0 Å². The molecule has 0 bridgehead atoms. The van der Waals surface area contributed by atoms with Crippen LogP contribution < -0.4 is 9.21 Å². The largest absolute Gasteiger partial charge is 0.755 e. The molecule has 130 valence electrons. The minimum Gasteiger partial charge on any atom is -0.755 e. The number of benzene rings is 3. The van der Waals surface area contributed by atoms with Crippen LogP contribution >= 0.6 is 0 Å². The van der Waals surface area contributed by atoms with E-state index in [-0.39, 0.29) is 0 Å². The first-order valence-electron chi connectivity index (χ1n) is 8.18. The summed E-state index contributed by atoms with van der Waals surface area (Å²) >= 11 is -2.33. The summed E-state index contributed by atoms with van der Waals surface area (Å²) in [5, 5.41) is 1.98. The van der Waals surface area contributed by atoms with Crippen LogP contribution in [-0.4, -0.2) is 29.4 Å². The van der Waals surface area contributed by atoms with Gasteiger partial charge in [-0.05, 0) is 24.1 Å². The summed E-state index contributed by atoms with van der Waals surface area (Å²) in [6, 6.07) is 21.7. The Labute approximate surface area is 151 Å². The fourth-order valence-electron chi connectivity index (χ4n) is 3.03. The predicted molar refractivity (Wildman–Crippen MR) is 105 cm³/mol. The van der Waals surface area contributed by atoms with Gasteiger partial charge in [-0.1, -0.05) is 54.6 Å². The Bertz CT molecular complexity index is 881. The first kappa shape index (κ1) is 17.5. The zero-order valence-electron chi connectivity index (χ0n) is 14.4. The molecule has 5 heteroatoms. The summed E-state index contributed by atoms with van der Waals surface area (Å²) in [7, 11) is 3.97. The van der Waals surface area contributed by atoms with Crippen molar-refractivity contribution in [2.45, 2.75) is 6.42 Å². The average molecular weight is 353 g/mol. The van der Waals surface area contributed by atoms with Gasteiger partial charge in [-0.2, -0.15) is 0 Å². The monoisotopic (exact) mass is 353 g/mol. The van der Waals surface area contributed by atoms with E-state index in [0.29, 0.717) is 18.7 Å². The summed E-state index contributed by atoms with van der Waals surface area (Å²) in [5.74, 6) is 0. The van der Waals surface area contributed by atoms with Gasteiger partial charge in [0.1, 0.15) is 0 Å². The molecule has 1 unspecified atom stereocenters. The van der Waals surface area contributed by atoms with E-state index in [2.05, 4.69) is 0 Å². The molecule has 0 aliphatic carbocycles. The van der Waals surface area contributed by atoms with Crippen LogP contribution in [0.2, 0.25) is 0 Å². The fourth-order valence-corrected chi connectivity index (χ4v) is 3.60. The van der Waals surface area contributed by atoms with Crippen molar-refractivity contribution in [1.82, 2.24) is 0 Å². The Balaban J connectivity index is 1.99. The molecule has 0 N–H and O–H groups in total. The number of anilines is 2. The Hall–Kier alpha value is -2.37. The van der Waals surface area contributed by atoms with Crippen LogP contribution in [0.25, 0.3) is 10.8 Å². The molecule has 3 rings (SSSR count). The molecule has 0 saturated heterocycles. The Morgan fingerprint density at radius 1 is 0.840 bits per heavy atom. The number of nitrogens with zero attached hydrogens (tertiary/aromatic N) is 2. The van der Waals surface area contributed by atoms with Gasteiger partial charge >= 0.3 is 0 Å². The molecule has 4 nitrogen and oxygen atoms in total. The van der Waals surface area contributed by atoms with Crippen LogP contribution in [0.5, 0.6) is 0 Å². The summed E-state index contributed by atoms with van der Waals surface area (Å²) in [6.07, 6.45) is 0.665. The second-order valence-electron chi connectivity index (χ2n) is 6.10. The molecule has 3 aromatic rings. The average Bonchev–Trinajstić information content (AvgIpc) is 2.62. The molecule has 0 saturated carbocycles. The van der Waals surface area contributed by atoms with Gasteiger partial charge in [0.2, 0.25) is 0 Å². The fraction of sp³-hybridized carbons (Fsp3) is 0.200. The maximum absolute atomic E-state index is 11.9. The van der Waals surface area contributed by atoms with Crippen LogP contribution in [0, 0.1) is 0 Å². The minimum atomic E-state index is -2.33. The van der Waals surface area contributed by atoms with Crippen LogP contribution in [0.3, 0.4) is 0 Å². The lowest BCUT2D eigenvalue weighted by atomic mass is 10.1. The van der Waals surface area contributed by atoms with Gasteiger partial charge in [-0.25, -0.2) is 0 Å². The second-order valence-corrected chi connectivity index (χ2v) is 6.97. The highest BCUT2D eigenvalue weighted by atomic mass is 32.2. The smallest absolute Gasteiger partial charge is 0.0561 e. The third-order valence-corrected chi connectivity index (χ3v) is 4.99. The van der Waals surface area contributed by atoms with Gasteiger partial charge in [-0.15, -0.1) is 0 Å². The Morgan fingerprint density at radius 3 is 2.04 bits per heavy atom. The Morgan fingerprint density at radius 2 is 1.44 bits per heavy atom. The standard InChI is InChI=1S/C20H22N2O2S/c1-21(2)19-12-6-11-18-17(19)10-7-13-20(18)22(25(23)24)15-14-16-8-4-3-5-9-16/h3-13H,14-15H2,1-2H3,(H,23,24)/p-1. The second kappa shape index (κ2) is 7.68. The molecule has 0 aliphatic rings. The Kier molecular flexibility index (Phi) is 5.36. The van der Waals surface area contributed by atoms with E-state index in [4.69, 9.17) is 0 Å². The van der Waals surface area contributed by atoms with Crippen molar-refractivity contribution >= 4 is 33.4 Å². The van der Waals surface area contributed by atoms with Gasteiger partial charge in [0.25, 0.3) is 0 Å². The highest BCUT2D eigenvalue weighted by Gasteiger charge is 2.13.